The molecular weight excluding hydrogens is 424 g/mol. The number of carboxylic acid groups (broad SMARTS) is 1. The molecule has 31 heavy (non-hydrogen) atoms. The first kappa shape index (κ1) is 23.1. The lowest BCUT2D eigenvalue weighted by Gasteiger charge is -2.47. The number of aromatic amines is 1. The fourth-order valence-electron chi connectivity index (χ4n) is 4.46. The van der Waals surface area contributed by atoms with Gasteiger partial charge in [-0.05, 0) is 18.4 Å². The van der Waals surface area contributed by atoms with Crippen molar-refractivity contribution in [2.75, 3.05) is 33.7 Å². The molecule has 2 aromatic rings. The number of carbonyl (C=O) groups is 1. The molecule has 4 heterocycles. The minimum Gasteiger partial charge on any atom is -0.483 e. The maximum atomic E-state index is 12.7. The van der Waals surface area contributed by atoms with E-state index in [0.717, 1.165) is 41.7 Å². The van der Waals surface area contributed by atoms with Gasteiger partial charge in [0.15, 0.2) is 0 Å². The Bertz CT molecular complexity index is 1040. The zero-order valence-electron chi connectivity index (χ0n) is 17.5. The van der Waals surface area contributed by atoms with Crippen LogP contribution in [-0.4, -0.2) is 77.5 Å². The summed E-state index contributed by atoms with van der Waals surface area (Å²) in [6, 6.07) is 5.14. The quantitative estimate of drug-likeness (QED) is 0.517. The van der Waals surface area contributed by atoms with Gasteiger partial charge in [-0.15, -0.1) is 0 Å². The predicted octanol–water partition coefficient (Wildman–Crippen LogP) is -0.171. The standard InChI is InChI=1S/C18H26N6O3S.CH2O2/c1-22(2)28(26,27)21-8-17-14-6-13(16-4-3-5-18(25)24(16)17)9-23(10-14)11-15-7-19-12-20-15;2-1-3/h3-5,7,12-14,17,21H,6,8-11H2,1-2H3,(H,19,20);1H,(H,2,3)/t13-,14+,17+;/m1./s1. The zero-order valence-corrected chi connectivity index (χ0v) is 18.3. The lowest BCUT2D eigenvalue weighted by molar-refractivity contribution is -0.122. The molecule has 0 amide bonds. The Morgan fingerprint density at radius 3 is 2.74 bits per heavy atom. The van der Waals surface area contributed by atoms with Gasteiger partial charge < -0.3 is 14.7 Å². The number of nitrogens with zero attached hydrogens (tertiary/aromatic N) is 4. The van der Waals surface area contributed by atoms with Gasteiger partial charge in [0.25, 0.3) is 22.2 Å². The Morgan fingerprint density at radius 2 is 2.10 bits per heavy atom. The predicted molar refractivity (Wildman–Crippen MR) is 114 cm³/mol. The molecule has 3 N–H and O–H groups in total. The molecule has 2 aromatic heterocycles. The number of pyridine rings is 1. The van der Waals surface area contributed by atoms with Crippen LogP contribution in [0.15, 0.2) is 35.5 Å². The van der Waals surface area contributed by atoms with Crippen LogP contribution in [0, 0.1) is 5.92 Å². The zero-order chi connectivity index (χ0) is 22.6. The van der Waals surface area contributed by atoms with Crippen molar-refractivity contribution in [1.29, 1.82) is 0 Å². The van der Waals surface area contributed by atoms with Crippen molar-refractivity contribution in [2.45, 2.75) is 24.9 Å². The van der Waals surface area contributed by atoms with Crippen molar-refractivity contribution in [1.82, 2.24) is 28.5 Å². The second kappa shape index (κ2) is 9.73. The van der Waals surface area contributed by atoms with Crippen molar-refractivity contribution in [3.8, 4) is 0 Å². The highest BCUT2D eigenvalue weighted by Crippen LogP contribution is 2.41. The largest absolute Gasteiger partial charge is 0.483 e. The van der Waals surface area contributed by atoms with E-state index >= 15 is 0 Å². The van der Waals surface area contributed by atoms with Crippen LogP contribution in [0.4, 0.5) is 0 Å². The van der Waals surface area contributed by atoms with E-state index in [1.807, 2.05) is 16.8 Å². The van der Waals surface area contributed by atoms with Crippen LogP contribution in [0.1, 0.15) is 29.8 Å². The molecule has 2 aliphatic rings. The molecule has 12 heteroatoms. The number of imidazole rings is 1. The smallest absolute Gasteiger partial charge is 0.290 e. The van der Waals surface area contributed by atoms with Gasteiger partial charge in [-0.25, -0.2) is 9.71 Å². The molecule has 11 nitrogen and oxygen atoms in total. The summed E-state index contributed by atoms with van der Waals surface area (Å²) in [7, 11) is -0.569. The summed E-state index contributed by atoms with van der Waals surface area (Å²) in [5.41, 5.74) is 1.98. The fraction of sp³-hybridized carbons (Fsp3) is 0.526. The third-order valence-electron chi connectivity index (χ3n) is 5.78. The maximum absolute atomic E-state index is 12.7. The van der Waals surface area contributed by atoms with Gasteiger partial charge in [0.05, 0.1) is 12.4 Å². The number of hydrogen-bond acceptors (Lipinski definition) is 6. The van der Waals surface area contributed by atoms with Crippen molar-refractivity contribution < 1.29 is 18.3 Å². The highest BCUT2D eigenvalue weighted by Gasteiger charge is 2.40. The molecule has 3 atom stereocenters. The molecule has 0 spiro atoms. The van der Waals surface area contributed by atoms with E-state index < -0.39 is 10.2 Å². The number of fused-ring (bicyclic) bond motifs is 4. The molecule has 0 unspecified atom stereocenters. The molecule has 1 fully saturated rings. The van der Waals surface area contributed by atoms with Gasteiger partial charge in [-0.1, -0.05) is 6.07 Å². The number of likely N-dealkylation sites (tertiary alicyclic amines) is 1. The van der Waals surface area contributed by atoms with E-state index in [0.29, 0.717) is 0 Å². The molecule has 2 bridgehead atoms. The summed E-state index contributed by atoms with van der Waals surface area (Å²) >= 11 is 0. The Labute approximate surface area is 180 Å². The number of rotatable bonds is 6. The molecule has 2 aliphatic heterocycles. The summed E-state index contributed by atoms with van der Waals surface area (Å²) in [5, 5.41) is 6.89. The van der Waals surface area contributed by atoms with E-state index in [1.54, 1.807) is 18.5 Å². The molecule has 1 saturated heterocycles. The van der Waals surface area contributed by atoms with Gasteiger partial charge >= 0.3 is 0 Å². The Kier molecular flexibility index (Phi) is 7.26. The third kappa shape index (κ3) is 5.21. The fourth-order valence-corrected chi connectivity index (χ4v) is 5.10. The molecule has 170 valence electrons. The summed E-state index contributed by atoms with van der Waals surface area (Å²) < 4.78 is 30.1. The van der Waals surface area contributed by atoms with Gasteiger partial charge in [0.2, 0.25) is 0 Å². The van der Waals surface area contributed by atoms with Crippen molar-refractivity contribution in [2.24, 2.45) is 5.92 Å². The van der Waals surface area contributed by atoms with E-state index in [1.165, 1.54) is 14.1 Å². The molecule has 0 aliphatic carbocycles. The molecule has 4 rings (SSSR count). The van der Waals surface area contributed by atoms with Crippen molar-refractivity contribution >= 4 is 16.7 Å². The minimum absolute atomic E-state index is 0.0664. The Balaban J connectivity index is 0.000000858. The van der Waals surface area contributed by atoms with Crippen LogP contribution >= 0.6 is 0 Å². The highest BCUT2D eigenvalue weighted by molar-refractivity contribution is 7.87. The SMILES string of the molecule is CN(C)S(=O)(=O)NC[C@H]1[C@H]2C[C@H](CN(Cc3cnc[nH]3)C2)c2cccc(=O)n21.O=CO. The normalized spacial score (nSPS) is 23.0. The lowest BCUT2D eigenvalue weighted by Crippen LogP contribution is -2.52. The summed E-state index contributed by atoms with van der Waals surface area (Å²) in [5.74, 6) is 0.455. The van der Waals surface area contributed by atoms with Crippen LogP contribution in [0.3, 0.4) is 0 Å². The minimum atomic E-state index is -3.55. The van der Waals surface area contributed by atoms with Crippen LogP contribution in [0.5, 0.6) is 0 Å². The highest BCUT2D eigenvalue weighted by atomic mass is 32.2. The molecule has 0 radical (unpaired) electrons. The Hall–Kier alpha value is -2.54. The topological polar surface area (TPSA) is 141 Å². The Morgan fingerprint density at radius 1 is 1.35 bits per heavy atom. The number of nitrogens with one attached hydrogen (secondary N) is 2. The van der Waals surface area contributed by atoms with Crippen LogP contribution in [-0.2, 0) is 21.5 Å². The number of hydrogen-bond donors (Lipinski definition) is 3. The maximum Gasteiger partial charge on any atom is 0.290 e. The summed E-state index contributed by atoms with van der Waals surface area (Å²) in [6.45, 7) is 2.40. The average Bonchev–Trinajstić information content (AvgIpc) is 3.22. The molecule has 0 saturated carbocycles. The average molecular weight is 453 g/mol. The summed E-state index contributed by atoms with van der Waals surface area (Å²) in [4.78, 5) is 30.6. The van der Waals surface area contributed by atoms with Crippen LogP contribution < -0.4 is 10.3 Å². The summed E-state index contributed by atoms with van der Waals surface area (Å²) in [6.07, 6.45) is 4.45. The van der Waals surface area contributed by atoms with E-state index in [2.05, 4.69) is 19.6 Å². The van der Waals surface area contributed by atoms with Gasteiger partial charge in [0, 0.05) is 69.8 Å². The second-order valence-corrected chi connectivity index (χ2v) is 9.90. The first-order chi connectivity index (χ1) is 14.8. The van der Waals surface area contributed by atoms with Crippen molar-refractivity contribution in [3.05, 3.63) is 52.5 Å². The number of aromatic nitrogens is 3. The van der Waals surface area contributed by atoms with Crippen LogP contribution in [0.2, 0.25) is 0 Å². The monoisotopic (exact) mass is 452 g/mol. The van der Waals surface area contributed by atoms with Gasteiger partial charge in [0.1, 0.15) is 0 Å². The van der Waals surface area contributed by atoms with E-state index in [9.17, 15) is 13.2 Å². The number of piperidine rings is 1. The van der Waals surface area contributed by atoms with Gasteiger partial charge in [-0.2, -0.15) is 12.7 Å². The second-order valence-electron chi connectivity index (χ2n) is 7.93. The lowest BCUT2D eigenvalue weighted by atomic mass is 9.78. The van der Waals surface area contributed by atoms with Gasteiger partial charge in [-0.3, -0.25) is 14.5 Å². The number of H-pyrrole nitrogens is 1. The first-order valence-electron chi connectivity index (χ1n) is 9.92. The van der Waals surface area contributed by atoms with Crippen molar-refractivity contribution in [3.63, 3.8) is 0 Å². The first-order valence-corrected chi connectivity index (χ1v) is 11.4. The van der Waals surface area contributed by atoms with Crippen LogP contribution in [0.25, 0.3) is 0 Å². The van der Waals surface area contributed by atoms with E-state index in [-0.39, 0.29) is 36.5 Å². The molecular formula is C19H28N6O5S. The van der Waals surface area contributed by atoms with E-state index in [4.69, 9.17) is 9.90 Å². The molecule has 0 aromatic carbocycles. The third-order valence-corrected chi connectivity index (χ3v) is 7.27.